The second-order valence-electron chi connectivity index (χ2n) is 8.43. The number of nitrogens with zero attached hydrogens (tertiary/aromatic N) is 1. The van der Waals surface area contributed by atoms with E-state index in [-0.39, 0.29) is 30.6 Å². The van der Waals surface area contributed by atoms with Crippen LogP contribution in [0.4, 0.5) is 0 Å². The molecule has 4 rings (SSSR count). The summed E-state index contributed by atoms with van der Waals surface area (Å²) in [5, 5.41) is 2.80. The predicted octanol–water partition coefficient (Wildman–Crippen LogP) is 2.74. The Morgan fingerprint density at radius 2 is 1.91 bits per heavy atom. The summed E-state index contributed by atoms with van der Waals surface area (Å²) in [6.45, 7) is 2.88. The lowest BCUT2D eigenvalue weighted by Gasteiger charge is -2.43. The number of carbonyl (C=O) groups is 3. The minimum atomic E-state index is -0.559. The quantitative estimate of drug-likeness (QED) is 0.724. The van der Waals surface area contributed by atoms with E-state index in [0.717, 1.165) is 5.56 Å². The smallest absolute Gasteiger partial charge is 0.258 e. The summed E-state index contributed by atoms with van der Waals surface area (Å²) >= 11 is 0. The van der Waals surface area contributed by atoms with Gasteiger partial charge in [-0.2, -0.15) is 0 Å². The van der Waals surface area contributed by atoms with Gasteiger partial charge in [0.1, 0.15) is 22.8 Å². The van der Waals surface area contributed by atoms with Crippen LogP contribution >= 0.6 is 0 Å². The van der Waals surface area contributed by atoms with Gasteiger partial charge in [-0.25, -0.2) is 0 Å². The van der Waals surface area contributed by atoms with Crippen molar-refractivity contribution in [2.45, 2.75) is 38.3 Å². The van der Waals surface area contributed by atoms with E-state index in [1.165, 1.54) is 0 Å². The molecule has 1 N–H and O–H groups in total. The molecule has 1 spiro atoms. The van der Waals surface area contributed by atoms with Crippen LogP contribution in [0.15, 0.2) is 42.5 Å². The second-order valence-corrected chi connectivity index (χ2v) is 8.43. The fourth-order valence-corrected chi connectivity index (χ4v) is 4.31. The fourth-order valence-electron chi connectivity index (χ4n) is 4.31. The number of methoxy groups -OCH3 is 1. The van der Waals surface area contributed by atoms with Crippen LogP contribution in [0, 0.1) is 0 Å². The van der Waals surface area contributed by atoms with E-state index in [2.05, 4.69) is 5.32 Å². The molecule has 0 unspecified atom stereocenters. The highest BCUT2D eigenvalue weighted by molar-refractivity contribution is 6.00. The number of para-hydroxylation sites is 1. The molecule has 0 bridgehead atoms. The molecule has 2 aromatic rings. The second kappa shape index (κ2) is 9.52. The van der Waals surface area contributed by atoms with E-state index in [9.17, 15) is 14.4 Å². The fraction of sp³-hybridized carbons (Fsp3) is 0.400. The van der Waals surface area contributed by atoms with E-state index in [4.69, 9.17) is 14.2 Å². The number of ether oxygens (including phenoxy) is 3. The molecule has 2 aliphatic heterocycles. The Morgan fingerprint density at radius 1 is 1.15 bits per heavy atom. The van der Waals surface area contributed by atoms with E-state index >= 15 is 0 Å². The third kappa shape index (κ3) is 5.10. The van der Waals surface area contributed by atoms with E-state index in [0.29, 0.717) is 55.3 Å². The van der Waals surface area contributed by atoms with Gasteiger partial charge < -0.3 is 24.4 Å². The molecule has 0 aromatic heterocycles. The van der Waals surface area contributed by atoms with Crippen LogP contribution in [0.5, 0.6) is 17.2 Å². The van der Waals surface area contributed by atoms with Crippen LogP contribution in [0.1, 0.15) is 42.1 Å². The molecule has 1 saturated heterocycles. The molecule has 2 aromatic carbocycles. The average molecular weight is 453 g/mol. The molecular weight excluding hydrogens is 424 g/mol. The number of likely N-dealkylation sites (tertiary alicyclic amines) is 1. The first kappa shape index (κ1) is 22.6. The average Bonchev–Trinajstić information content (AvgIpc) is 2.82. The van der Waals surface area contributed by atoms with Gasteiger partial charge in [-0.1, -0.05) is 18.2 Å². The van der Waals surface area contributed by atoms with Gasteiger partial charge in [0.15, 0.2) is 12.4 Å². The number of amides is 2. The number of hydrogen-bond donors (Lipinski definition) is 1. The van der Waals surface area contributed by atoms with E-state index < -0.39 is 5.60 Å². The van der Waals surface area contributed by atoms with Crippen molar-refractivity contribution >= 4 is 17.6 Å². The molecule has 0 atom stereocenters. The lowest BCUT2D eigenvalue weighted by molar-refractivity contribution is -0.132. The number of fused-ring (bicyclic) bond motifs is 1. The molecule has 1 fully saturated rings. The molecule has 174 valence electrons. The van der Waals surface area contributed by atoms with Crippen molar-refractivity contribution in [3.63, 3.8) is 0 Å². The maximum Gasteiger partial charge on any atom is 0.258 e. The van der Waals surface area contributed by atoms with Gasteiger partial charge in [0.05, 0.1) is 19.1 Å². The Labute approximate surface area is 192 Å². The predicted molar refractivity (Wildman–Crippen MR) is 121 cm³/mol. The molecule has 8 heteroatoms. The number of ketones is 1. The van der Waals surface area contributed by atoms with Gasteiger partial charge in [-0.3, -0.25) is 14.4 Å². The van der Waals surface area contributed by atoms with Crippen molar-refractivity contribution in [1.29, 1.82) is 0 Å². The molecule has 8 nitrogen and oxygen atoms in total. The highest BCUT2D eigenvalue weighted by Gasteiger charge is 2.43. The number of piperidine rings is 1. The van der Waals surface area contributed by atoms with Gasteiger partial charge in [-0.05, 0) is 24.3 Å². The van der Waals surface area contributed by atoms with Crippen molar-refractivity contribution in [3.8, 4) is 17.2 Å². The monoisotopic (exact) mass is 452 g/mol. The van der Waals surface area contributed by atoms with Crippen LogP contribution in [0.25, 0.3) is 0 Å². The van der Waals surface area contributed by atoms with Gasteiger partial charge in [0.25, 0.3) is 5.91 Å². The Bertz CT molecular complexity index is 1060. The Balaban J connectivity index is 1.33. The lowest BCUT2D eigenvalue weighted by Crippen LogP contribution is -2.51. The highest BCUT2D eigenvalue weighted by Crippen LogP contribution is 2.40. The van der Waals surface area contributed by atoms with Crippen molar-refractivity contribution in [2.75, 3.05) is 26.8 Å². The summed E-state index contributed by atoms with van der Waals surface area (Å²) in [4.78, 5) is 38.5. The number of benzene rings is 2. The highest BCUT2D eigenvalue weighted by atomic mass is 16.5. The molecule has 0 saturated carbocycles. The summed E-state index contributed by atoms with van der Waals surface area (Å²) in [6.07, 6.45) is 1.53. The molecule has 2 heterocycles. The van der Waals surface area contributed by atoms with Crippen LogP contribution in [0.3, 0.4) is 0 Å². The Morgan fingerprint density at radius 3 is 2.64 bits per heavy atom. The summed E-state index contributed by atoms with van der Waals surface area (Å²) in [5.74, 6) is 1.41. The normalized spacial score (nSPS) is 16.5. The Kier molecular flexibility index (Phi) is 6.53. The third-order valence-corrected chi connectivity index (χ3v) is 6.22. The van der Waals surface area contributed by atoms with Crippen molar-refractivity contribution in [2.24, 2.45) is 0 Å². The molecule has 0 aliphatic carbocycles. The van der Waals surface area contributed by atoms with E-state index in [1.807, 2.05) is 24.3 Å². The number of rotatable bonds is 6. The summed E-state index contributed by atoms with van der Waals surface area (Å²) < 4.78 is 17.1. The first-order valence-electron chi connectivity index (χ1n) is 11.0. The number of Topliss-reactive ketones (excluding diaryl/α,β-unsaturated/α-hetero) is 1. The topological polar surface area (TPSA) is 94.2 Å². The van der Waals surface area contributed by atoms with Crippen molar-refractivity contribution in [3.05, 3.63) is 53.6 Å². The third-order valence-electron chi connectivity index (χ3n) is 6.22. The first-order chi connectivity index (χ1) is 15.9. The van der Waals surface area contributed by atoms with Crippen LogP contribution in [-0.4, -0.2) is 54.9 Å². The standard InChI is InChI=1S/C25H28N2O6/c1-17(28)27-11-9-25(10-12-27)14-21(29)20-13-19(7-8-23(20)33-25)32-16-24(30)26-15-18-5-3-4-6-22(18)31-2/h3-8,13H,9-12,14-16H2,1-2H3,(H,26,30). The van der Waals surface area contributed by atoms with Gasteiger partial charge in [0.2, 0.25) is 5.91 Å². The first-order valence-corrected chi connectivity index (χ1v) is 11.0. The number of carbonyl (C=O) groups excluding carboxylic acids is 3. The zero-order chi connectivity index (χ0) is 23.4. The zero-order valence-electron chi connectivity index (χ0n) is 18.9. The maximum absolute atomic E-state index is 12.9. The number of hydrogen-bond acceptors (Lipinski definition) is 6. The van der Waals surface area contributed by atoms with Crippen molar-refractivity contribution < 1.29 is 28.6 Å². The molecule has 2 aliphatic rings. The van der Waals surface area contributed by atoms with Crippen LogP contribution in [-0.2, 0) is 16.1 Å². The van der Waals surface area contributed by atoms with Crippen LogP contribution < -0.4 is 19.5 Å². The summed E-state index contributed by atoms with van der Waals surface area (Å²) in [7, 11) is 1.59. The molecular formula is C25H28N2O6. The summed E-state index contributed by atoms with van der Waals surface area (Å²) in [5.41, 5.74) is 0.769. The van der Waals surface area contributed by atoms with Crippen molar-refractivity contribution in [1.82, 2.24) is 10.2 Å². The minimum absolute atomic E-state index is 0.0152. The molecule has 2 amide bonds. The summed E-state index contributed by atoms with van der Waals surface area (Å²) in [6, 6.07) is 12.5. The largest absolute Gasteiger partial charge is 0.496 e. The minimum Gasteiger partial charge on any atom is -0.496 e. The molecule has 0 radical (unpaired) electrons. The van der Waals surface area contributed by atoms with Gasteiger partial charge >= 0.3 is 0 Å². The Hall–Kier alpha value is -3.55. The number of nitrogens with one attached hydrogen (secondary N) is 1. The van der Waals surface area contributed by atoms with Gasteiger partial charge in [0, 0.05) is 45.0 Å². The zero-order valence-corrected chi connectivity index (χ0v) is 18.9. The van der Waals surface area contributed by atoms with Crippen LogP contribution in [0.2, 0.25) is 0 Å². The van der Waals surface area contributed by atoms with E-state index in [1.54, 1.807) is 37.1 Å². The lowest BCUT2D eigenvalue weighted by atomic mass is 9.82. The van der Waals surface area contributed by atoms with Gasteiger partial charge in [-0.15, -0.1) is 0 Å². The SMILES string of the molecule is COc1ccccc1CNC(=O)COc1ccc2c(c1)C(=O)CC1(CCN(C(C)=O)CC1)O2. The molecule has 33 heavy (non-hydrogen) atoms. The maximum atomic E-state index is 12.9.